The number of amides is 2. The predicted octanol–water partition coefficient (Wildman–Crippen LogP) is 6.20. The lowest BCUT2D eigenvalue weighted by atomic mass is 9.95. The van der Waals surface area contributed by atoms with Crippen molar-refractivity contribution in [3.8, 4) is 16.9 Å². The summed E-state index contributed by atoms with van der Waals surface area (Å²) in [5, 5.41) is 20.7. The molecule has 0 aliphatic heterocycles. The smallest absolute Gasteiger partial charge is 0.305 e. The monoisotopic (exact) mass is 829 g/mol. The molecule has 0 radical (unpaired) electrons. The van der Waals surface area contributed by atoms with E-state index >= 15 is 0 Å². The van der Waals surface area contributed by atoms with Crippen LogP contribution in [0.4, 0.5) is 5.82 Å². The number of aliphatic carboxylic acids is 1. The third-order valence-electron chi connectivity index (χ3n) is 9.55. The van der Waals surface area contributed by atoms with Gasteiger partial charge in [0.1, 0.15) is 24.2 Å². The van der Waals surface area contributed by atoms with Gasteiger partial charge in [-0.2, -0.15) is 0 Å². The first-order chi connectivity index (χ1) is 29.3. The molecule has 14 heteroatoms. The lowest BCUT2D eigenvalue weighted by Crippen LogP contribution is -2.48. The number of aryl methyl sites for hydroxylation is 1. The van der Waals surface area contributed by atoms with Gasteiger partial charge >= 0.3 is 5.97 Å². The minimum Gasteiger partial charge on any atom is -0.491 e. The largest absolute Gasteiger partial charge is 0.491 e. The fraction of sp³-hybridized carbons (Fsp3) is 0.478. The quantitative estimate of drug-likeness (QED) is 0.0361. The number of rotatable bonds is 31. The summed E-state index contributed by atoms with van der Waals surface area (Å²) in [6.07, 6.45) is 4.83. The Balaban J connectivity index is 1.31. The van der Waals surface area contributed by atoms with E-state index in [0.717, 1.165) is 52.1 Å². The van der Waals surface area contributed by atoms with E-state index in [4.69, 9.17) is 29.4 Å². The number of pyridine rings is 1. The number of nitrogens with two attached hydrogens (primary N) is 1. The highest BCUT2D eigenvalue weighted by Gasteiger charge is 2.25. The topological polar surface area (TPSA) is 193 Å². The number of nitrogens with zero attached hydrogens (tertiary/aromatic N) is 1. The van der Waals surface area contributed by atoms with E-state index < -0.39 is 24.0 Å². The number of nitrogens with one attached hydrogen (secondary N) is 3. The molecule has 4 rings (SSSR count). The first kappa shape index (κ1) is 47.6. The van der Waals surface area contributed by atoms with Crippen LogP contribution in [0.1, 0.15) is 69.0 Å². The molecule has 1 heterocycles. The zero-order valence-electron chi connectivity index (χ0n) is 35.1. The number of ether oxygens (including phenoxy) is 5. The van der Waals surface area contributed by atoms with Gasteiger partial charge < -0.3 is 50.5 Å². The average molecular weight is 830 g/mol. The van der Waals surface area contributed by atoms with Gasteiger partial charge in [0.05, 0.1) is 58.7 Å². The van der Waals surface area contributed by atoms with Gasteiger partial charge in [-0.1, -0.05) is 61.5 Å². The van der Waals surface area contributed by atoms with Crippen LogP contribution in [0.25, 0.3) is 21.9 Å². The van der Waals surface area contributed by atoms with Crippen molar-refractivity contribution in [1.82, 2.24) is 15.6 Å². The number of benzene rings is 3. The summed E-state index contributed by atoms with van der Waals surface area (Å²) in [4.78, 5) is 42.9. The Labute approximate surface area is 353 Å². The molecule has 4 aromatic rings. The Morgan fingerprint density at radius 3 is 2.08 bits per heavy atom. The van der Waals surface area contributed by atoms with Gasteiger partial charge in [0.15, 0.2) is 0 Å². The number of carboxylic acid groups (broad SMARTS) is 1. The Kier molecular flexibility index (Phi) is 21.9. The standard InChI is InChI=1S/C46H63N5O9/c1-3-23-56-24-25-57-26-27-58-28-29-59-30-31-60-42-18-17-37(38-9-4-5-10-39(38)42)35-13-15-36(16-14-35)41(33-45(53)54)51-46(55)40(11-6-7-20-47)50-44(52)12-8-21-48-43-32-34(2)19-22-49-43/h4-5,9-10,13-19,22,32,40-41H,3,6-8,11-12,20-21,23-31,33,47H2,1-2H3,(H,48,49)(H,50,52)(H,51,55)(H,53,54)/t40-,41-/m0/s1. The van der Waals surface area contributed by atoms with E-state index in [9.17, 15) is 19.5 Å². The zero-order chi connectivity index (χ0) is 42.8. The summed E-state index contributed by atoms with van der Waals surface area (Å²) < 4.78 is 28.2. The van der Waals surface area contributed by atoms with E-state index in [-0.39, 0.29) is 18.7 Å². The fourth-order valence-corrected chi connectivity index (χ4v) is 6.49. The molecule has 0 aliphatic carbocycles. The number of carbonyl (C=O) groups excluding carboxylic acids is 2. The van der Waals surface area contributed by atoms with E-state index in [1.807, 2.05) is 79.7 Å². The normalized spacial score (nSPS) is 12.2. The van der Waals surface area contributed by atoms with Crippen LogP contribution in [0.5, 0.6) is 5.75 Å². The van der Waals surface area contributed by atoms with Crippen LogP contribution in [0.3, 0.4) is 0 Å². The molecule has 2 amide bonds. The van der Waals surface area contributed by atoms with Crippen molar-refractivity contribution >= 4 is 34.4 Å². The van der Waals surface area contributed by atoms with Crippen molar-refractivity contribution in [1.29, 1.82) is 0 Å². The predicted molar refractivity (Wildman–Crippen MR) is 233 cm³/mol. The van der Waals surface area contributed by atoms with Gasteiger partial charge in [-0.05, 0) is 91.4 Å². The van der Waals surface area contributed by atoms with Gasteiger partial charge in [0.2, 0.25) is 11.8 Å². The number of fused-ring (bicyclic) bond motifs is 1. The number of hydrogen-bond acceptors (Lipinski definition) is 11. The third-order valence-corrected chi connectivity index (χ3v) is 9.55. The summed E-state index contributed by atoms with van der Waals surface area (Å²) in [7, 11) is 0. The van der Waals surface area contributed by atoms with E-state index in [2.05, 4.69) is 27.9 Å². The molecule has 60 heavy (non-hydrogen) atoms. The van der Waals surface area contributed by atoms with E-state index in [1.165, 1.54) is 0 Å². The number of carbonyl (C=O) groups is 3. The summed E-state index contributed by atoms with van der Waals surface area (Å²) in [5.41, 5.74) is 9.32. The number of unbranched alkanes of at least 4 members (excludes halogenated alkanes) is 1. The molecule has 0 aliphatic rings. The second-order valence-electron chi connectivity index (χ2n) is 14.4. The average Bonchev–Trinajstić information content (AvgIpc) is 3.24. The van der Waals surface area contributed by atoms with Gasteiger partial charge in [-0.15, -0.1) is 0 Å². The van der Waals surface area contributed by atoms with Crippen molar-refractivity contribution in [2.45, 2.75) is 70.9 Å². The Morgan fingerprint density at radius 2 is 1.43 bits per heavy atom. The molecule has 0 unspecified atom stereocenters. The minimum absolute atomic E-state index is 0.208. The first-order valence-corrected chi connectivity index (χ1v) is 21.0. The fourth-order valence-electron chi connectivity index (χ4n) is 6.49. The van der Waals surface area contributed by atoms with Crippen molar-refractivity contribution in [2.24, 2.45) is 5.73 Å². The van der Waals surface area contributed by atoms with Crippen molar-refractivity contribution in [3.05, 3.63) is 90.1 Å². The van der Waals surface area contributed by atoms with Gasteiger partial charge in [0.25, 0.3) is 0 Å². The number of carboxylic acids is 1. The maximum Gasteiger partial charge on any atom is 0.305 e. The van der Waals surface area contributed by atoms with Crippen LogP contribution in [-0.4, -0.2) is 106 Å². The Hall–Kier alpha value is -5.12. The summed E-state index contributed by atoms with van der Waals surface area (Å²) in [5.74, 6) is -0.292. The lowest BCUT2D eigenvalue weighted by molar-refractivity contribution is -0.138. The van der Waals surface area contributed by atoms with Crippen LogP contribution >= 0.6 is 0 Å². The Bertz CT molecular complexity index is 1880. The lowest BCUT2D eigenvalue weighted by Gasteiger charge is -2.23. The van der Waals surface area contributed by atoms with Crippen LogP contribution in [0.15, 0.2) is 79.0 Å². The molecule has 2 atom stereocenters. The van der Waals surface area contributed by atoms with Crippen LogP contribution in [0.2, 0.25) is 0 Å². The van der Waals surface area contributed by atoms with Gasteiger partial charge in [-0.25, -0.2) is 4.98 Å². The van der Waals surface area contributed by atoms with E-state index in [0.29, 0.717) is 97.2 Å². The van der Waals surface area contributed by atoms with Gasteiger partial charge in [0, 0.05) is 31.2 Å². The molecular weight excluding hydrogens is 767 g/mol. The molecule has 1 aromatic heterocycles. The summed E-state index contributed by atoms with van der Waals surface area (Å²) >= 11 is 0. The Morgan fingerprint density at radius 1 is 0.767 bits per heavy atom. The van der Waals surface area contributed by atoms with Crippen LogP contribution in [0, 0.1) is 6.92 Å². The van der Waals surface area contributed by atoms with Crippen LogP contribution < -0.4 is 26.4 Å². The highest BCUT2D eigenvalue weighted by molar-refractivity contribution is 6.00. The van der Waals surface area contributed by atoms with Crippen molar-refractivity contribution in [2.75, 3.05) is 77.9 Å². The molecule has 0 saturated heterocycles. The third kappa shape index (κ3) is 17.2. The highest BCUT2D eigenvalue weighted by atomic mass is 16.6. The number of hydrogen-bond donors (Lipinski definition) is 5. The molecule has 0 fully saturated rings. The summed E-state index contributed by atoms with van der Waals surface area (Å²) in [6, 6.07) is 21.6. The molecule has 0 spiro atoms. The molecule has 14 nitrogen and oxygen atoms in total. The second kappa shape index (κ2) is 27.6. The van der Waals surface area contributed by atoms with Crippen molar-refractivity contribution < 1.29 is 43.2 Å². The molecule has 3 aromatic carbocycles. The SMILES string of the molecule is CCCOCCOCCOCCOCCOc1ccc(-c2ccc([C@H](CC(=O)O)NC(=O)[C@H](CCCCN)NC(=O)CCCNc3cc(C)ccn3)cc2)c2ccccc12. The van der Waals surface area contributed by atoms with Gasteiger partial charge in [-0.3, -0.25) is 14.4 Å². The minimum atomic E-state index is -1.06. The zero-order valence-corrected chi connectivity index (χ0v) is 35.1. The number of anilines is 1. The molecule has 0 bridgehead atoms. The summed E-state index contributed by atoms with van der Waals surface area (Å²) in [6.45, 7) is 9.67. The maximum absolute atomic E-state index is 13.7. The molecular formula is C46H63N5O9. The van der Waals surface area contributed by atoms with E-state index in [1.54, 1.807) is 6.20 Å². The molecule has 6 N–H and O–H groups in total. The molecule has 0 saturated carbocycles. The number of aromatic nitrogens is 1. The molecule has 326 valence electrons. The maximum atomic E-state index is 13.7. The second-order valence-corrected chi connectivity index (χ2v) is 14.4. The van der Waals surface area contributed by atoms with Crippen molar-refractivity contribution in [3.63, 3.8) is 0 Å². The highest BCUT2D eigenvalue weighted by Crippen LogP contribution is 2.35. The first-order valence-electron chi connectivity index (χ1n) is 21.0. The van der Waals surface area contributed by atoms with Crippen LogP contribution in [-0.2, 0) is 33.3 Å².